The zero-order valence-corrected chi connectivity index (χ0v) is 8.05. The Morgan fingerprint density at radius 2 is 1.64 bits per heavy atom. The normalized spacial score (nSPS) is 9.18. The van der Waals surface area contributed by atoms with Gasteiger partial charge in [0.25, 0.3) is 0 Å². The summed E-state index contributed by atoms with van der Waals surface area (Å²) < 4.78 is 5.14. The van der Waals surface area contributed by atoms with Crippen LogP contribution in [0.2, 0.25) is 0 Å². The Labute approximate surface area is 68.9 Å². The third kappa shape index (κ3) is 46.9. The van der Waals surface area contributed by atoms with E-state index in [1.807, 2.05) is 0 Å². The summed E-state index contributed by atoms with van der Waals surface area (Å²) in [5.74, 6) is -0.394. The molecule has 0 aliphatic carbocycles. The highest BCUT2D eigenvalue weighted by atomic mass is 16.5. The smallest absolute Gasteiger partial charge is 0.329 e. The highest BCUT2D eigenvalue weighted by Gasteiger charge is 1.88. The molecule has 0 aliphatic heterocycles. The summed E-state index contributed by atoms with van der Waals surface area (Å²) in [7, 11) is 9.81. The van der Waals surface area contributed by atoms with E-state index in [0.717, 1.165) is 10.6 Å². The van der Waals surface area contributed by atoms with Gasteiger partial charge < -0.3 is 9.22 Å². The van der Waals surface area contributed by atoms with Crippen LogP contribution in [0.15, 0.2) is 12.7 Å². The Balaban J connectivity index is 0. The molecule has 0 spiro atoms. The highest BCUT2D eigenvalue weighted by Crippen LogP contribution is 1.73. The van der Waals surface area contributed by atoms with Crippen LogP contribution >= 0.6 is 0 Å². The molecule has 0 rings (SSSR count). The van der Waals surface area contributed by atoms with E-state index in [9.17, 15) is 4.79 Å². The van der Waals surface area contributed by atoms with Gasteiger partial charge in [-0.05, 0) is 0 Å². The van der Waals surface area contributed by atoms with Gasteiger partial charge in [-0.15, -0.1) is 0 Å². The molecule has 0 aromatic carbocycles. The van der Waals surface area contributed by atoms with Crippen LogP contribution in [-0.2, 0) is 9.53 Å². The van der Waals surface area contributed by atoms with Gasteiger partial charge in [0.05, 0.1) is 35.3 Å². The Kier molecular flexibility index (Phi) is 6.89. The molecule has 0 aliphatic rings. The van der Waals surface area contributed by atoms with E-state index in [0.29, 0.717) is 0 Å². The van der Waals surface area contributed by atoms with Gasteiger partial charge in [0, 0.05) is 6.08 Å². The molecule has 3 nitrogen and oxygen atoms in total. The van der Waals surface area contributed by atoms with Gasteiger partial charge in [-0.25, -0.2) is 4.79 Å². The van der Waals surface area contributed by atoms with Crippen LogP contribution in [0.5, 0.6) is 0 Å². The molecular weight excluding hydrogens is 142 g/mol. The van der Waals surface area contributed by atoms with E-state index in [2.05, 4.69) is 39.5 Å². The van der Waals surface area contributed by atoms with Gasteiger partial charge in [0.2, 0.25) is 0 Å². The van der Waals surface area contributed by atoms with Crippen molar-refractivity contribution in [1.29, 1.82) is 0 Å². The first-order chi connectivity index (χ1) is 4.81. The predicted octanol–water partition coefficient (Wildman–Crippen LogP) is 0.668. The van der Waals surface area contributed by atoms with Gasteiger partial charge in [-0.3, -0.25) is 0 Å². The van der Waals surface area contributed by atoms with Gasteiger partial charge in [-0.2, -0.15) is 0 Å². The highest BCUT2D eigenvalue weighted by molar-refractivity contribution is 5.80. The van der Waals surface area contributed by atoms with Crippen LogP contribution in [0.4, 0.5) is 0 Å². The number of quaternary nitrogens is 1. The number of carbonyl (C=O) groups excluding carboxylic acids is 1. The quantitative estimate of drug-likeness (QED) is 0.320. The van der Waals surface area contributed by atoms with Crippen molar-refractivity contribution in [2.45, 2.75) is 0 Å². The third-order valence-electron chi connectivity index (χ3n) is 0.368. The molecule has 0 saturated carbocycles. The maximum absolute atomic E-state index is 9.84. The second-order valence-corrected chi connectivity index (χ2v) is 3.41. The molecular formula is C8H18NO2+. The van der Waals surface area contributed by atoms with Crippen LogP contribution < -0.4 is 0 Å². The van der Waals surface area contributed by atoms with Crippen LogP contribution in [0, 0.1) is 0 Å². The fourth-order valence-electron chi connectivity index (χ4n) is 0.0833. The van der Waals surface area contributed by atoms with Crippen LogP contribution in [-0.4, -0.2) is 45.8 Å². The van der Waals surface area contributed by atoms with Gasteiger partial charge in [-0.1, -0.05) is 6.58 Å². The largest absolute Gasteiger partial charge is 0.466 e. The summed E-state index contributed by atoms with van der Waals surface area (Å²) in [6, 6.07) is 0. The lowest BCUT2D eigenvalue weighted by molar-refractivity contribution is -0.849. The Morgan fingerprint density at radius 3 is 1.64 bits per heavy atom. The lowest BCUT2D eigenvalue weighted by Crippen LogP contribution is -2.27. The monoisotopic (exact) mass is 160 g/mol. The van der Waals surface area contributed by atoms with Crippen molar-refractivity contribution in [2.75, 3.05) is 35.3 Å². The fourth-order valence-corrected chi connectivity index (χ4v) is 0.0833. The number of esters is 1. The average Bonchev–Trinajstić information content (AvgIpc) is 1.83. The molecule has 0 heterocycles. The number of carbonyl (C=O) groups is 1. The Bertz CT molecular complexity index is 119. The number of hydrogen-bond donors (Lipinski definition) is 0. The first kappa shape index (κ1) is 12.8. The average molecular weight is 160 g/mol. The molecule has 0 radical (unpaired) electrons. The molecule has 0 saturated heterocycles. The van der Waals surface area contributed by atoms with E-state index in [1.54, 1.807) is 0 Å². The second-order valence-electron chi connectivity index (χ2n) is 3.41. The summed E-state index contributed by atoms with van der Waals surface area (Å²) in [5.41, 5.74) is 0. The number of ether oxygens (including phenoxy) is 1. The second kappa shape index (κ2) is 5.92. The number of rotatable bonds is 1. The minimum Gasteiger partial charge on any atom is -0.466 e. The molecule has 0 unspecified atom stereocenters. The SMILES string of the molecule is C=CC(=O)OC.C[N+](C)(C)C. The van der Waals surface area contributed by atoms with Gasteiger partial charge in [0.1, 0.15) is 0 Å². The van der Waals surface area contributed by atoms with Crippen molar-refractivity contribution in [1.82, 2.24) is 0 Å². The van der Waals surface area contributed by atoms with E-state index in [4.69, 9.17) is 0 Å². The van der Waals surface area contributed by atoms with Gasteiger partial charge >= 0.3 is 5.97 Å². The first-order valence-electron chi connectivity index (χ1n) is 3.30. The van der Waals surface area contributed by atoms with Crippen LogP contribution in [0.1, 0.15) is 0 Å². The summed E-state index contributed by atoms with van der Waals surface area (Å²) in [5, 5.41) is 0. The minimum absolute atomic E-state index is 0.394. The van der Waals surface area contributed by atoms with Crippen molar-refractivity contribution < 1.29 is 14.0 Å². The molecule has 0 bridgehead atoms. The molecule has 0 fully saturated rings. The molecule has 0 atom stereocenters. The lowest BCUT2D eigenvalue weighted by Gasteiger charge is -2.14. The maximum atomic E-state index is 9.84. The lowest BCUT2D eigenvalue weighted by atomic mass is 10.7. The number of methoxy groups -OCH3 is 1. The number of nitrogens with zero attached hydrogens (tertiary/aromatic N) is 1. The fraction of sp³-hybridized carbons (Fsp3) is 0.625. The van der Waals surface area contributed by atoms with Crippen molar-refractivity contribution in [3.63, 3.8) is 0 Å². The first-order valence-corrected chi connectivity index (χ1v) is 3.30. The summed E-state index contributed by atoms with van der Waals surface area (Å²) in [4.78, 5) is 9.84. The maximum Gasteiger partial charge on any atom is 0.329 e. The number of hydrogen-bond acceptors (Lipinski definition) is 2. The summed E-state index contributed by atoms with van der Waals surface area (Å²) in [6.07, 6.45) is 1.11. The molecule has 0 amide bonds. The standard InChI is InChI=1S/C4H12N.C4H6O2/c1-5(2,3)4;1-3-4(5)6-2/h1-4H3;3H,1H2,2H3/q+1;. The predicted molar refractivity (Wildman–Crippen MR) is 46.2 cm³/mol. The molecule has 3 heteroatoms. The van der Waals surface area contributed by atoms with Crippen molar-refractivity contribution in [3.05, 3.63) is 12.7 Å². The van der Waals surface area contributed by atoms with E-state index in [1.165, 1.54) is 7.11 Å². The van der Waals surface area contributed by atoms with E-state index >= 15 is 0 Å². The molecule has 0 N–H and O–H groups in total. The Hall–Kier alpha value is -0.830. The third-order valence-corrected chi connectivity index (χ3v) is 0.368. The zero-order chi connectivity index (χ0) is 9.49. The molecule has 66 valence electrons. The molecule has 0 aromatic rings. The zero-order valence-electron chi connectivity index (χ0n) is 8.05. The molecule has 11 heavy (non-hydrogen) atoms. The minimum atomic E-state index is -0.394. The Morgan fingerprint density at radius 1 is 1.36 bits per heavy atom. The van der Waals surface area contributed by atoms with Crippen molar-refractivity contribution in [3.8, 4) is 0 Å². The molecule has 0 aromatic heterocycles. The van der Waals surface area contributed by atoms with Crippen molar-refractivity contribution >= 4 is 5.97 Å². The summed E-state index contributed by atoms with van der Waals surface area (Å²) >= 11 is 0. The van der Waals surface area contributed by atoms with E-state index < -0.39 is 5.97 Å². The van der Waals surface area contributed by atoms with Crippen LogP contribution in [0.25, 0.3) is 0 Å². The van der Waals surface area contributed by atoms with Crippen molar-refractivity contribution in [2.24, 2.45) is 0 Å². The van der Waals surface area contributed by atoms with E-state index in [-0.39, 0.29) is 0 Å². The topological polar surface area (TPSA) is 26.3 Å². The van der Waals surface area contributed by atoms with Gasteiger partial charge in [0.15, 0.2) is 0 Å². The van der Waals surface area contributed by atoms with Crippen LogP contribution in [0.3, 0.4) is 0 Å². The summed E-state index contributed by atoms with van der Waals surface area (Å²) in [6.45, 7) is 3.16.